The summed E-state index contributed by atoms with van der Waals surface area (Å²) < 4.78 is 26.0. The third-order valence-corrected chi connectivity index (χ3v) is 5.25. The van der Waals surface area contributed by atoms with Crippen molar-refractivity contribution in [2.75, 3.05) is 25.4 Å². The summed E-state index contributed by atoms with van der Waals surface area (Å²) in [6.07, 6.45) is 0. The van der Waals surface area contributed by atoms with E-state index in [9.17, 15) is 13.2 Å². The van der Waals surface area contributed by atoms with Crippen LogP contribution in [0.25, 0.3) is 0 Å². The van der Waals surface area contributed by atoms with Crippen LogP contribution in [-0.4, -0.2) is 38.9 Å². The lowest BCUT2D eigenvalue weighted by molar-refractivity contribution is -0.129. The molecule has 18 heavy (non-hydrogen) atoms. The lowest BCUT2D eigenvalue weighted by Gasteiger charge is -2.18. The van der Waals surface area contributed by atoms with E-state index in [0.717, 1.165) is 11.3 Å². The minimum atomic E-state index is -3.64. The molecule has 0 atom stereocenters. The molecule has 102 valence electrons. The third kappa shape index (κ3) is 3.69. The van der Waals surface area contributed by atoms with Crippen LogP contribution >= 0.6 is 11.3 Å². The highest BCUT2D eigenvalue weighted by Crippen LogP contribution is 2.21. The van der Waals surface area contributed by atoms with Crippen molar-refractivity contribution in [3.05, 3.63) is 11.4 Å². The van der Waals surface area contributed by atoms with E-state index in [2.05, 4.69) is 4.72 Å². The van der Waals surface area contributed by atoms with Crippen LogP contribution < -0.4 is 10.5 Å². The fourth-order valence-corrected chi connectivity index (χ4v) is 3.49. The zero-order valence-corrected chi connectivity index (χ0v) is 12.0. The summed E-state index contributed by atoms with van der Waals surface area (Å²) in [7, 11) is -3.64. The second-order valence-corrected chi connectivity index (χ2v) is 6.49. The Bertz CT molecular complexity index is 506. The van der Waals surface area contributed by atoms with Crippen molar-refractivity contribution in [2.24, 2.45) is 0 Å². The molecule has 1 heterocycles. The maximum Gasteiger partial charge on any atom is 0.250 e. The average Bonchev–Trinajstić information content (AvgIpc) is 2.76. The van der Waals surface area contributed by atoms with Gasteiger partial charge in [0.2, 0.25) is 5.91 Å². The number of carbonyl (C=O) groups excluding carboxylic acids is 1. The van der Waals surface area contributed by atoms with Crippen LogP contribution in [0.1, 0.15) is 13.8 Å². The van der Waals surface area contributed by atoms with Crippen molar-refractivity contribution in [2.45, 2.75) is 18.1 Å². The molecule has 0 aliphatic carbocycles. The normalized spacial score (nSPS) is 11.4. The average molecular weight is 291 g/mol. The molecule has 1 aromatic rings. The van der Waals surface area contributed by atoms with Gasteiger partial charge in [-0.1, -0.05) is 0 Å². The molecule has 0 fully saturated rings. The number of nitrogen functional groups attached to an aromatic ring is 1. The highest BCUT2D eigenvalue weighted by molar-refractivity contribution is 7.91. The van der Waals surface area contributed by atoms with Gasteiger partial charge in [0.15, 0.2) is 0 Å². The lowest BCUT2D eigenvalue weighted by Crippen LogP contribution is -2.39. The first-order chi connectivity index (χ1) is 8.40. The molecule has 0 saturated carbocycles. The predicted octanol–water partition coefficient (Wildman–Crippen LogP) is 0.477. The van der Waals surface area contributed by atoms with Crippen molar-refractivity contribution in [3.63, 3.8) is 0 Å². The number of sulfonamides is 1. The lowest BCUT2D eigenvalue weighted by atomic mass is 10.4. The molecule has 8 heteroatoms. The zero-order valence-electron chi connectivity index (χ0n) is 10.3. The van der Waals surface area contributed by atoms with Gasteiger partial charge in [-0.05, 0) is 19.9 Å². The highest BCUT2D eigenvalue weighted by Gasteiger charge is 2.19. The molecular weight excluding hydrogens is 274 g/mol. The summed E-state index contributed by atoms with van der Waals surface area (Å²) >= 11 is 1.03. The van der Waals surface area contributed by atoms with Crippen molar-refractivity contribution in [3.8, 4) is 0 Å². The first kappa shape index (κ1) is 14.9. The van der Waals surface area contributed by atoms with E-state index in [1.54, 1.807) is 10.3 Å². The number of nitrogens with two attached hydrogens (primary N) is 1. The molecule has 0 aliphatic rings. The summed E-state index contributed by atoms with van der Waals surface area (Å²) in [5, 5.41) is 1.54. The van der Waals surface area contributed by atoms with Crippen LogP contribution in [0.15, 0.2) is 15.7 Å². The summed E-state index contributed by atoms with van der Waals surface area (Å²) in [6.45, 7) is 4.57. The van der Waals surface area contributed by atoms with Gasteiger partial charge in [0.25, 0.3) is 10.0 Å². The van der Waals surface area contributed by atoms with Gasteiger partial charge in [0.1, 0.15) is 4.21 Å². The van der Waals surface area contributed by atoms with Crippen LogP contribution in [0.4, 0.5) is 5.69 Å². The molecule has 0 aliphatic heterocycles. The first-order valence-electron chi connectivity index (χ1n) is 5.52. The molecule has 1 amide bonds. The Morgan fingerprint density at radius 2 is 2.06 bits per heavy atom. The number of carbonyl (C=O) groups is 1. The number of amides is 1. The van der Waals surface area contributed by atoms with Gasteiger partial charge >= 0.3 is 0 Å². The Labute approximate surface area is 111 Å². The van der Waals surface area contributed by atoms with E-state index < -0.39 is 10.0 Å². The molecular formula is C10H17N3O3S2. The molecule has 0 spiro atoms. The number of hydrogen-bond acceptors (Lipinski definition) is 5. The number of anilines is 1. The molecule has 1 rings (SSSR count). The third-order valence-electron chi connectivity index (χ3n) is 2.39. The molecule has 0 unspecified atom stereocenters. The largest absolute Gasteiger partial charge is 0.398 e. The summed E-state index contributed by atoms with van der Waals surface area (Å²) in [4.78, 5) is 13.2. The summed E-state index contributed by atoms with van der Waals surface area (Å²) in [6, 6.07) is 1.37. The van der Waals surface area contributed by atoms with Crippen molar-refractivity contribution in [1.29, 1.82) is 0 Å². The van der Waals surface area contributed by atoms with E-state index in [4.69, 9.17) is 5.73 Å². The van der Waals surface area contributed by atoms with E-state index in [1.807, 2.05) is 13.8 Å². The highest BCUT2D eigenvalue weighted by atomic mass is 32.2. The summed E-state index contributed by atoms with van der Waals surface area (Å²) in [5.41, 5.74) is 5.86. The number of hydrogen-bond donors (Lipinski definition) is 2. The standard InChI is InChI=1S/C10H17N3O3S2/c1-3-13(4-2)9(14)6-12-18(15,16)10-5-8(11)7-17-10/h5,7,12H,3-4,6,11H2,1-2H3. The van der Waals surface area contributed by atoms with Gasteiger partial charge in [0, 0.05) is 24.2 Å². The van der Waals surface area contributed by atoms with E-state index in [1.165, 1.54) is 6.07 Å². The van der Waals surface area contributed by atoms with Crippen LogP contribution in [0.5, 0.6) is 0 Å². The molecule has 0 bridgehead atoms. The molecule has 1 aromatic heterocycles. The monoisotopic (exact) mass is 291 g/mol. The Morgan fingerprint density at radius 3 is 2.50 bits per heavy atom. The van der Waals surface area contributed by atoms with Gasteiger partial charge in [-0.2, -0.15) is 0 Å². The van der Waals surface area contributed by atoms with Crippen LogP contribution in [0, 0.1) is 0 Å². The van der Waals surface area contributed by atoms with E-state index in [0.29, 0.717) is 18.8 Å². The number of likely N-dealkylation sites (N-methyl/N-ethyl adjacent to an activating group) is 1. The van der Waals surface area contributed by atoms with E-state index in [-0.39, 0.29) is 16.7 Å². The smallest absolute Gasteiger partial charge is 0.250 e. The van der Waals surface area contributed by atoms with Gasteiger partial charge in [-0.15, -0.1) is 11.3 Å². The minimum Gasteiger partial charge on any atom is -0.398 e. The number of nitrogens with zero attached hydrogens (tertiary/aromatic N) is 1. The predicted molar refractivity (Wildman–Crippen MR) is 71.8 cm³/mol. The maximum atomic E-state index is 11.8. The minimum absolute atomic E-state index is 0.118. The van der Waals surface area contributed by atoms with Crippen molar-refractivity contribution < 1.29 is 13.2 Å². The Balaban J connectivity index is 2.66. The number of rotatable bonds is 6. The fourth-order valence-electron chi connectivity index (χ4n) is 1.39. The Kier molecular flexibility index (Phi) is 5.12. The van der Waals surface area contributed by atoms with Crippen molar-refractivity contribution in [1.82, 2.24) is 9.62 Å². The molecule has 0 radical (unpaired) electrons. The van der Waals surface area contributed by atoms with Crippen molar-refractivity contribution >= 4 is 33.0 Å². The molecule has 3 N–H and O–H groups in total. The molecule has 0 aromatic carbocycles. The number of thiophene rings is 1. The van der Waals surface area contributed by atoms with Crippen LogP contribution in [0.2, 0.25) is 0 Å². The fraction of sp³-hybridized carbons (Fsp3) is 0.500. The van der Waals surface area contributed by atoms with Gasteiger partial charge in [-0.3, -0.25) is 4.79 Å². The van der Waals surface area contributed by atoms with Crippen LogP contribution in [0.3, 0.4) is 0 Å². The van der Waals surface area contributed by atoms with E-state index >= 15 is 0 Å². The topological polar surface area (TPSA) is 92.5 Å². The Morgan fingerprint density at radius 1 is 1.44 bits per heavy atom. The maximum absolute atomic E-state index is 11.8. The molecule has 0 saturated heterocycles. The van der Waals surface area contributed by atoms with Crippen LogP contribution in [-0.2, 0) is 14.8 Å². The molecule has 6 nitrogen and oxygen atoms in total. The second kappa shape index (κ2) is 6.17. The summed E-state index contributed by atoms with van der Waals surface area (Å²) in [5.74, 6) is -0.242. The number of nitrogens with one attached hydrogen (secondary N) is 1. The second-order valence-electron chi connectivity index (χ2n) is 3.59. The SMILES string of the molecule is CCN(CC)C(=O)CNS(=O)(=O)c1cc(N)cs1. The first-order valence-corrected chi connectivity index (χ1v) is 7.88. The van der Waals surface area contributed by atoms with Gasteiger partial charge < -0.3 is 10.6 Å². The quantitative estimate of drug-likeness (QED) is 0.797. The van der Waals surface area contributed by atoms with Gasteiger partial charge in [0.05, 0.1) is 6.54 Å². The zero-order chi connectivity index (χ0) is 13.8. The van der Waals surface area contributed by atoms with Gasteiger partial charge in [-0.25, -0.2) is 13.1 Å². The Hall–Kier alpha value is -1.12.